The molecule has 0 aliphatic heterocycles. The normalized spacial score (nSPS) is 10.6. The van der Waals surface area contributed by atoms with E-state index in [1.807, 2.05) is 47.4 Å². The zero-order valence-electron chi connectivity index (χ0n) is 20.7. The van der Waals surface area contributed by atoms with Crippen LogP contribution in [0.5, 0.6) is 11.5 Å². The molecular formula is C28H27N3O5S. The summed E-state index contributed by atoms with van der Waals surface area (Å²) in [5.74, 6) is 0.952. The number of nitrogens with zero attached hydrogens (tertiary/aromatic N) is 1. The number of carbonyl (C=O) groups is 1. The van der Waals surface area contributed by atoms with Crippen molar-refractivity contribution < 1.29 is 19.0 Å². The molecule has 0 spiro atoms. The second-order valence-corrected chi connectivity index (χ2v) is 8.64. The lowest BCUT2D eigenvalue weighted by Gasteiger charge is -2.26. The number of thiocarbonyl (C=S) groups is 1. The molecule has 0 atom stereocenters. The molecule has 0 aliphatic rings. The number of fused-ring (bicyclic) bond motifs is 1. The van der Waals surface area contributed by atoms with Crippen LogP contribution < -0.4 is 20.3 Å². The average molecular weight is 518 g/mol. The first kappa shape index (κ1) is 25.7. The predicted molar refractivity (Wildman–Crippen MR) is 147 cm³/mol. The van der Waals surface area contributed by atoms with E-state index < -0.39 is 5.97 Å². The smallest absolute Gasteiger partial charge is 0.339 e. The minimum atomic E-state index is -0.479. The highest BCUT2D eigenvalue weighted by Crippen LogP contribution is 2.22. The van der Waals surface area contributed by atoms with Crippen LogP contribution in [0.3, 0.4) is 0 Å². The molecule has 1 heterocycles. The maximum absolute atomic E-state index is 13.0. The number of pyridine rings is 1. The Labute approximate surface area is 219 Å². The van der Waals surface area contributed by atoms with Gasteiger partial charge in [0.25, 0.3) is 5.56 Å². The number of hydrogen-bond donors (Lipinski definition) is 2. The van der Waals surface area contributed by atoms with E-state index in [9.17, 15) is 9.59 Å². The molecule has 9 heteroatoms. The highest BCUT2D eigenvalue weighted by Gasteiger charge is 2.18. The molecule has 1 aromatic heterocycles. The van der Waals surface area contributed by atoms with Gasteiger partial charge in [-0.25, -0.2) is 4.79 Å². The first-order chi connectivity index (χ1) is 17.9. The SMILES string of the molecule is COC(=O)c1ccccc1NC(=S)N(Cc1ccc(OC)cc1)Cc1cc2cc(OC)ccc2[nH]c1=O. The second kappa shape index (κ2) is 11.6. The van der Waals surface area contributed by atoms with Gasteiger partial charge in [0.2, 0.25) is 0 Å². The van der Waals surface area contributed by atoms with Crippen LogP contribution >= 0.6 is 12.2 Å². The fourth-order valence-corrected chi connectivity index (χ4v) is 4.14. The molecule has 2 N–H and O–H groups in total. The Kier molecular flexibility index (Phi) is 8.05. The van der Waals surface area contributed by atoms with Gasteiger partial charge in [0.05, 0.1) is 39.1 Å². The molecule has 0 amide bonds. The summed E-state index contributed by atoms with van der Waals surface area (Å²) in [7, 11) is 4.54. The van der Waals surface area contributed by atoms with Gasteiger partial charge in [0.1, 0.15) is 11.5 Å². The number of anilines is 1. The van der Waals surface area contributed by atoms with Crippen molar-refractivity contribution >= 4 is 39.9 Å². The van der Waals surface area contributed by atoms with E-state index >= 15 is 0 Å². The molecule has 8 nitrogen and oxygen atoms in total. The first-order valence-corrected chi connectivity index (χ1v) is 11.9. The second-order valence-electron chi connectivity index (χ2n) is 8.25. The Morgan fingerprint density at radius 2 is 1.62 bits per heavy atom. The topological polar surface area (TPSA) is 92.9 Å². The van der Waals surface area contributed by atoms with Crippen LogP contribution in [-0.4, -0.2) is 42.3 Å². The van der Waals surface area contributed by atoms with Crippen LogP contribution in [0.1, 0.15) is 21.5 Å². The largest absolute Gasteiger partial charge is 0.497 e. The van der Waals surface area contributed by atoms with Gasteiger partial charge < -0.3 is 29.4 Å². The minimum Gasteiger partial charge on any atom is -0.497 e. The van der Waals surface area contributed by atoms with E-state index in [4.69, 9.17) is 26.4 Å². The van der Waals surface area contributed by atoms with Crippen molar-refractivity contribution in [2.24, 2.45) is 0 Å². The molecule has 37 heavy (non-hydrogen) atoms. The zero-order chi connectivity index (χ0) is 26.4. The first-order valence-electron chi connectivity index (χ1n) is 11.5. The van der Waals surface area contributed by atoms with Gasteiger partial charge in [0.15, 0.2) is 5.11 Å². The minimum absolute atomic E-state index is 0.213. The van der Waals surface area contributed by atoms with Crippen LogP contribution in [0, 0.1) is 0 Å². The molecule has 4 rings (SSSR count). The van der Waals surface area contributed by atoms with Crippen molar-refractivity contribution in [2.75, 3.05) is 26.6 Å². The molecular weight excluding hydrogens is 490 g/mol. The number of para-hydroxylation sites is 1. The Hall–Kier alpha value is -4.37. The zero-order valence-corrected chi connectivity index (χ0v) is 21.6. The van der Waals surface area contributed by atoms with Crippen LogP contribution in [0.15, 0.2) is 77.6 Å². The van der Waals surface area contributed by atoms with Crippen LogP contribution in [0.25, 0.3) is 10.9 Å². The summed E-state index contributed by atoms with van der Waals surface area (Å²) < 4.78 is 15.5. The lowest BCUT2D eigenvalue weighted by Crippen LogP contribution is -2.36. The molecule has 0 unspecified atom stereocenters. The highest BCUT2D eigenvalue weighted by atomic mass is 32.1. The third kappa shape index (κ3) is 6.07. The number of nitrogens with one attached hydrogen (secondary N) is 2. The molecule has 0 radical (unpaired) electrons. The Bertz CT molecular complexity index is 1480. The maximum Gasteiger partial charge on any atom is 0.339 e. The number of rotatable bonds is 8. The van der Waals surface area contributed by atoms with E-state index in [0.29, 0.717) is 39.7 Å². The monoisotopic (exact) mass is 517 g/mol. The summed E-state index contributed by atoms with van der Waals surface area (Å²) in [6.07, 6.45) is 0. The molecule has 0 bridgehead atoms. The Morgan fingerprint density at radius 1 is 0.919 bits per heavy atom. The Balaban J connectivity index is 1.68. The fourth-order valence-electron chi connectivity index (χ4n) is 3.91. The summed E-state index contributed by atoms with van der Waals surface area (Å²) in [4.78, 5) is 30.0. The molecule has 0 saturated carbocycles. The van der Waals surface area contributed by atoms with Gasteiger partial charge in [-0.1, -0.05) is 24.3 Å². The van der Waals surface area contributed by atoms with Crippen LogP contribution in [0.4, 0.5) is 5.69 Å². The van der Waals surface area contributed by atoms with Crippen LogP contribution in [0.2, 0.25) is 0 Å². The van der Waals surface area contributed by atoms with Crippen LogP contribution in [-0.2, 0) is 17.8 Å². The molecule has 0 saturated heterocycles. The van der Waals surface area contributed by atoms with Gasteiger partial charge in [-0.2, -0.15) is 0 Å². The van der Waals surface area contributed by atoms with Gasteiger partial charge in [-0.05, 0) is 66.3 Å². The predicted octanol–water partition coefficient (Wildman–Crippen LogP) is 4.73. The van der Waals surface area contributed by atoms with Gasteiger partial charge >= 0.3 is 5.97 Å². The number of ether oxygens (including phenoxy) is 3. The number of aromatic amines is 1. The summed E-state index contributed by atoms with van der Waals surface area (Å²) in [5.41, 5.74) is 2.85. The number of benzene rings is 3. The number of methoxy groups -OCH3 is 3. The quantitative estimate of drug-likeness (QED) is 0.256. The third-order valence-corrected chi connectivity index (χ3v) is 6.24. The number of esters is 1. The van der Waals surface area contributed by atoms with Gasteiger partial charge in [-0.3, -0.25) is 4.79 Å². The van der Waals surface area contributed by atoms with E-state index in [1.165, 1.54) is 7.11 Å². The number of H-pyrrole nitrogens is 1. The summed E-state index contributed by atoms with van der Waals surface area (Å²) >= 11 is 5.77. The lowest BCUT2D eigenvalue weighted by atomic mass is 10.1. The van der Waals surface area contributed by atoms with Gasteiger partial charge in [0, 0.05) is 23.0 Å². The molecule has 190 valence electrons. The standard InChI is InChI=1S/C28H27N3O5S/c1-34-21-10-8-18(9-11-21)16-31(28(37)30-25-7-5-4-6-23(25)27(33)36-3)17-20-14-19-15-22(35-2)12-13-24(19)29-26(20)32/h4-15H,16-17H2,1-3H3,(H,29,32)(H,30,37). The molecule has 3 aromatic carbocycles. The number of aromatic nitrogens is 1. The van der Waals surface area contributed by atoms with Crippen molar-refractivity contribution in [2.45, 2.75) is 13.1 Å². The van der Waals surface area contributed by atoms with Crippen molar-refractivity contribution in [1.82, 2.24) is 9.88 Å². The molecule has 4 aromatic rings. The maximum atomic E-state index is 13.0. The van der Waals surface area contributed by atoms with Crippen molar-refractivity contribution in [3.05, 3.63) is 99.8 Å². The van der Waals surface area contributed by atoms with E-state index in [-0.39, 0.29) is 12.1 Å². The van der Waals surface area contributed by atoms with Gasteiger partial charge in [-0.15, -0.1) is 0 Å². The van der Waals surface area contributed by atoms with E-state index in [2.05, 4.69) is 10.3 Å². The molecule has 0 fully saturated rings. The average Bonchev–Trinajstić information content (AvgIpc) is 2.93. The highest BCUT2D eigenvalue weighted by molar-refractivity contribution is 7.80. The fraction of sp³-hybridized carbons (Fsp3) is 0.179. The lowest BCUT2D eigenvalue weighted by molar-refractivity contribution is 0.0602. The summed E-state index contributed by atoms with van der Waals surface area (Å²) in [6, 6.07) is 21.9. The van der Waals surface area contributed by atoms with E-state index in [1.54, 1.807) is 44.6 Å². The number of hydrogen-bond acceptors (Lipinski definition) is 6. The number of carbonyl (C=O) groups excluding carboxylic acids is 1. The summed E-state index contributed by atoms with van der Waals surface area (Å²) in [5, 5.41) is 4.35. The summed E-state index contributed by atoms with van der Waals surface area (Å²) in [6.45, 7) is 0.631. The molecule has 0 aliphatic carbocycles. The van der Waals surface area contributed by atoms with Crippen molar-refractivity contribution in [3.63, 3.8) is 0 Å². The third-order valence-electron chi connectivity index (χ3n) is 5.88. The van der Waals surface area contributed by atoms with E-state index in [0.717, 1.165) is 16.7 Å². The Morgan fingerprint density at radius 3 is 2.32 bits per heavy atom. The van der Waals surface area contributed by atoms with Crippen molar-refractivity contribution in [1.29, 1.82) is 0 Å². The van der Waals surface area contributed by atoms with Crippen molar-refractivity contribution in [3.8, 4) is 11.5 Å².